The van der Waals surface area contributed by atoms with E-state index in [1.54, 1.807) is 0 Å². The van der Waals surface area contributed by atoms with E-state index in [2.05, 4.69) is 19.1 Å². The number of alkyl halides is 1. The molecule has 2 rings (SSSR count). The summed E-state index contributed by atoms with van der Waals surface area (Å²) >= 11 is 6.61. The predicted molar refractivity (Wildman–Crippen MR) is 131 cm³/mol. The van der Waals surface area contributed by atoms with E-state index in [-0.39, 0.29) is 29.3 Å². The topological polar surface area (TPSA) is 66.8 Å². The summed E-state index contributed by atoms with van der Waals surface area (Å²) in [5.74, 6) is 0.00994. The van der Waals surface area contributed by atoms with Gasteiger partial charge >= 0.3 is 5.97 Å². The van der Waals surface area contributed by atoms with Crippen molar-refractivity contribution in [1.29, 1.82) is 0 Å². The third kappa shape index (κ3) is 8.53. The molecular formula is C27H41ClO4. The minimum atomic E-state index is -0.456. The lowest BCUT2D eigenvalue weighted by atomic mass is 9.84. The van der Waals surface area contributed by atoms with Crippen molar-refractivity contribution >= 4 is 17.6 Å². The summed E-state index contributed by atoms with van der Waals surface area (Å²) in [5, 5.41) is 21.0. The van der Waals surface area contributed by atoms with Crippen LogP contribution in [0.15, 0.2) is 36.4 Å². The fraction of sp³-hybridized carbons (Fsp3) is 0.667. The van der Waals surface area contributed by atoms with Crippen molar-refractivity contribution in [2.24, 2.45) is 5.92 Å². The first kappa shape index (κ1) is 26.9. The Labute approximate surface area is 199 Å². The molecule has 5 atom stereocenters. The van der Waals surface area contributed by atoms with Gasteiger partial charge in [-0.3, -0.25) is 4.79 Å². The van der Waals surface area contributed by atoms with Crippen LogP contribution in [0, 0.1) is 5.92 Å². The summed E-state index contributed by atoms with van der Waals surface area (Å²) < 4.78 is 5.15. The van der Waals surface area contributed by atoms with E-state index in [1.165, 1.54) is 0 Å². The summed E-state index contributed by atoms with van der Waals surface area (Å²) in [6, 6.07) is 8.06. The number of allylic oxidation sites excluding steroid dienone is 2. The van der Waals surface area contributed by atoms with Gasteiger partial charge < -0.3 is 14.9 Å². The summed E-state index contributed by atoms with van der Waals surface area (Å²) in [6.07, 6.45) is 10.8. The lowest BCUT2D eigenvalue weighted by Crippen LogP contribution is -2.18. The lowest BCUT2D eigenvalue weighted by molar-refractivity contribution is -0.147. The van der Waals surface area contributed by atoms with Gasteiger partial charge in [-0.25, -0.2) is 0 Å². The van der Waals surface area contributed by atoms with Crippen molar-refractivity contribution < 1.29 is 19.7 Å². The van der Waals surface area contributed by atoms with Gasteiger partial charge in [0.2, 0.25) is 0 Å². The van der Waals surface area contributed by atoms with Crippen LogP contribution >= 0.6 is 11.6 Å². The highest BCUT2D eigenvalue weighted by Gasteiger charge is 2.41. The maximum atomic E-state index is 11.6. The van der Waals surface area contributed by atoms with Crippen molar-refractivity contribution in [3.05, 3.63) is 47.5 Å². The van der Waals surface area contributed by atoms with E-state index < -0.39 is 12.2 Å². The molecule has 1 saturated carbocycles. The number of halogens is 1. The van der Waals surface area contributed by atoms with Crippen molar-refractivity contribution in [3.8, 4) is 0 Å². The van der Waals surface area contributed by atoms with Crippen LogP contribution < -0.4 is 0 Å². The molecule has 1 aromatic carbocycles. The van der Waals surface area contributed by atoms with Gasteiger partial charge in [0.25, 0.3) is 0 Å². The molecule has 5 heteroatoms. The van der Waals surface area contributed by atoms with E-state index in [9.17, 15) is 15.0 Å². The molecular weight excluding hydrogens is 424 g/mol. The minimum Gasteiger partial charge on any atom is -0.463 e. The second kappa shape index (κ2) is 14.0. The summed E-state index contributed by atoms with van der Waals surface area (Å²) in [5.41, 5.74) is 2.02. The Bertz CT molecular complexity index is 700. The van der Waals surface area contributed by atoms with Crippen molar-refractivity contribution in [1.82, 2.24) is 0 Å². The fourth-order valence-corrected chi connectivity index (χ4v) is 5.02. The molecule has 0 spiro atoms. The molecule has 1 aliphatic carbocycles. The van der Waals surface area contributed by atoms with Gasteiger partial charge in [0.1, 0.15) is 0 Å². The Morgan fingerprint density at radius 3 is 2.56 bits per heavy atom. The van der Waals surface area contributed by atoms with Gasteiger partial charge in [0.05, 0.1) is 18.3 Å². The Kier molecular flexibility index (Phi) is 11.8. The number of aliphatic hydroxyl groups is 2. The first-order valence-electron chi connectivity index (χ1n) is 12.3. The quantitative estimate of drug-likeness (QED) is 0.152. The summed E-state index contributed by atoms with van der Waals surface area (Å²) in [7, 11) is 0. The molecule has 0 heterocycles. The number of ether oxygens (including phenoxy) is 1. The molecule has 1 fully saturated rings. The van der Waals surface area contributed by atoms with Crippen LogP contribution in [0.25, 0.3) is 0 Å². The maximum absolute atomic E-state index is 11.6. The molecule has 0 aliphatic heterocycles. The predicted octanol–water partition coefficient (Wildman–Crippen LogP) is 6.44. The molecule has 0 aromatic heterocycles. The molecule has 0 saturated heterocycles. The van der Waals surface area contributed by atoms with Crippen molar-refractivity contribution in [3.63, 3.8) is 0 Å². The third-order valence-corrected chi connectivity index (χ3v) is 6.79. The Balaban J connectivity index is 1.89. The van der Waals surface area contributed by atoms with Gasteiger partial charge in [0, 0.05) is 17.7 Å². The van der Waals surface area contributed by atoms with E-state index in [0.29, 0.717) is 12.8 Å². The fourth-order valence-electron chi connectivity index (χ4n) is 4.58. The molecule has 1 aromatic rings. The van der Waals surface area contributed by atoms with Crippen molar-refractivity contribution in [2.45, 2.75) is 108 Å². The van der Waals surface area contributed by atoms with Crippen LogP contribution in [0.3, 0.4) is 0 Å². The SMILES string of the molecule is CCCCCC(O)c1ccc(C2C(CC=CCCCC(=O)OC(C)C)[C@H](Cl)C[C@H]2O)cc1. The van der Waals surface area contributed by atoms with Crippen LogP contribution in [-0.2, 0) is 9.53 Å². The van der Waals surface area contributed by atoms with Crippen LogP contribution in [0.2, 0.25) is 0 Å². The number of aliphatic hydroxyl groups excluding tert-OH is 2. The van der Waals surface area contributed by atoms with E-state index in [4.69, 9.17) is 16.3 Å². The molecule has 2 N–H and O–H groups in total. The van der Waals surface area contributed by atoms with Crippen LogP contribution in [0.4, 0.5) is 0 Å². The lowest BCUT2D eigenvalue weighted by Gasteiger charge is -2.23. The summed E-state index contributed by atoms with van der Waals surface area (Å²) in [6.45, 7) is 5.87. The Morgan fingerprint density at radius 1 is 1.19 bits per heavy atom. The van der Waals surface area contributed by atoms with E-state index in [0.717, 1.165) is 56.1 Å². The van der Waals surface area contributed by atoms with Gasteiger partial charge in [-0.05, 0) is 63.0 Å². The number of unbranched alkanes of at least 4 members (excludes halogenated alkanes) is 3. The highest BCUT2D eigenvalue weighted by molar-refractivity contribution is 6.21. The average molecular weight is 465 g/mol. The first-order chi connectivity index (χ1) is 15.3. The molecule has 0 bridgehead atoms. The average Bonchev–Trinajstić information content (AvgIpc) is 3.03. The number of benzene rings is 1. The number of carbonyl (C=O) groups is 1. The molecule has 32 heavy (non-hydrogen) atoms. The van der Waals surface area contributed by atoms with Crippen LogP contribution in [0.5, 0.6) is 0 Å². The normalized spacial score (nSPS) is 24.3. The minimum absolute atomic E-state index is 0.00514. The largest absolute Gasteiger partial charge is 0.463 e. The number of esters is 1. The zero-order valence-corrected chi connectivity index (χ0v) is 20.6. The second-order valence-corrected chi connectivity index (χ2v) is 9.89. The molecule has 0 amide bonds. The Morgan fingerprint density at radius 2 is 1.91 bits per heavy atom. The smallest absolute Gasteiger partial charge is 0.306 e. The maximum Gasteiger partial charge on any atom is 0.306 e. The second-order valence-electron chi connectivity index (χ2n) is 9.32. The van der Waals surface area contributed by atoms with Gasteiger partial charge in [0.15, 0.2) is 0 Å². The number of rotatable bonds is 13. The third-order valence-electron chi connectivity index (χ3n) is 6.29. The number of hydrogen-bond acceptors (Lipinski definition) is 4. The van der Waals surface area contributed by atoms with Crippen LogP contribution in [-0.4, -0.2) is 33.8 Å². The van der Waals surface area contributed by atoms with Crippen LogP contribution in [0.1, 0.15) is 102 Å². The molecule has 3 unspecified atom stereocenters. The zero-order valence-electron chi connectivity index (χ0n) is 19.9. The van der Waals surface area contributed by atoms with Gasteiger partial charge in [-0.1, -0.05) is 62.6 Å². The molecule has 1 aliphatic rings. The molecule has 0 radical (unpaired) electrons. The number of carbonyl (C=O) groups excluding carboxylic acids is 1. The van der Waals surface area contributed by atoms with Gasteiger partial charge in [-0.15, -0.1) is 11.6 Å². The van der Waals surface area contributed by atoms with E-state index in [1.807, 2.05) is 38.1 Å². The Hall–Kier alpha value is -1.36. The van der Waals surface area contributed by atoms with Crippen molar-refractivity contribution in [2.75, 3.05) is 0 Å². The zero-order chi connectivity index (χ0) is 23.5. The standard InChI is InChI=1S/C27H41ClO4/c1-4-5-8-12-24(29)20-14-16-21(17-15-20)27-22(23(28)18-25(27)30)11-9-6-7-10-13-26(31)32-19(2)3/h6,9,14-17,19,22-25,27,29-30H,4-5,7-8,10-13,18H2,1-3H3/t22?,23-,24?,25-,27?/m1/s1. The molecule has 180 valence electrons. The highest BCUT2D eigenvalue weighted by Crippen LogP contribution is 2.45. The number of hydrogen-bond donors (Lipinski definition) is 2. The van der Waals surface area contributed by atoms with Gasteiger partial charge in [-0.2, -0.15) is 0 Å². The summed E-state index contributed by atoms with van der Waals surface area (Å²) in [4.78, 5) is 11.6. The molecule has 4 nitrogen and oxygen atoms in total. The highest BCUT2D eigenvalue weighted by atomic mass is 35.5. The first-order valence-corrected chi connectivity index (χ1v) is 12.7. The van der Waals surface area contributed by atoms with E-state index >= 15 is 0 Å². The monoisotopic (exact) mass is 464 g/mol.